The summed E-state index contributed by atoms with van der Waals surface area (Å²) >= 11 is 0. The third kappa shape index (κ3) is 4.46. The standard InChI is InChI=1S/C53H31NO/c1-4-18-35-32(12-1)15-9-21-38(35)45-30-46(39-22-10-16-33-13-2-5-19-36(33)39)42-28-29-44-48(53-54-49-24-7-8-25-50(49)55-53)31-47(43-27-26-41(45)51(42)52(43)44)40-23-11-17-34-14-3-6-20-37(34)40/h1-31H. The molecule has 12 aromatic rings. The van der Waals surface area contributed by atoms with Crippen LogP contribution >= 0.6 is 0 Å². The van der Waals surface area contributed by atoms with Crippen molar-refractivity contribution in [3.63, 3.8) is 0 Å². The van der Waals surface area contributed by atoms with Gasteiger partial charge in [0.25, 0.3) is 0 Å². The summed E-state index contributed by atoms with van der Waals surface area (Å²) in [6.07, 6.45) is 0. The zero-order valence-corrected chi connectivity index (χ0v) is 29.8. The summed E-state index contributed by atoms with van der Waals surface area (Å²) in [5.74, 6) is 0.629. The van der Waals surface area contributed by atoms with E-state index in [9.17, 15) is 0 Å². The highest BCUT2D eigenvalue weighted by molar-refractivity contribution is 6.33. The molecule has 0 atom stereocenters. The molecule has 1 aromatic heterocycles. The van der Waals surface area contributed by atoms with Crippen molar-refractivity contribution in [2.24, 2.45) is 0 Å². The smallest absolute Gasteiger partial charge is 0.227 e. The van der Waals surface area contributed by atoms with E-state index in [0.717, 1.165) is 22.0 Å². The highest BCUT2D eigenvalue weighted by Crippen LogP contribution is 2.50. The second-order valence-electron chi connectivity index (χ2n) is 14.6. The van der Waals surface area contributed by atoms with Crippen molar-refractivity contribution in [3.8, 4) is 44.8 Å². The maximum absolute atomic E-state index is 6.59. The van der Waals surface area contributed by atoms with E-state index in [1.54, 1.807) is 0 Å². The zero-order valence-electron chi connectivity index (χ0n) is 29.8. The molecular formula is C53H31NO. The van der Waals surface area contributed by atoms with Crippen LogP contribution in [0.4, 0.5) is 0 Å². The second-order valence-corrected chi connectivity index (χ2v) is 14.6. The monoisotopic (exact) mass is 697 g/mol. The average molecular weight is 698 g/mol. The molecule has 254 valence electrons. The van der Waals surface area contributed by atoms with Crippen molar-refractivity contribution in [2.45, 2.75) is 0 Å². The molecular weight excluding hydrogens is 667 g/mol. The van der Waals surface area contributed by atoms with Gasteiger partial charge in [0.05, 0.1) is 0 Å². The summed E-state index contributed by atoms with van der Waals surface area (Å²) in [6.45, 7) is 0. The van der Waals surface area contributed by atoms with Gasteiger partial charge in [0, 0.05) is 5.56 Å². The highest BCUT2D eigenvalue weighted by atomic mass is 16.3. The van der Waals surface area contributed by atoms with E-state index >= 15 is 0 Å². The quantitative estimate of drug-likeness (QED) is 0.171. The van der Waals surface area contributed by atoms with Gasteiger partial charge in [-0.15, -0.1) is 0 Å². The number of oxazole rings is 1. The minimum Gasteiger partial charge on any atom is -0.436 e. The van der Waals surface area contributed by atoms with Crippen LogP contribution in [0.2, 0.25) is 0 Å². The van der Waals surface area contributed by atoms with E-state index in [2.05, 4.69) is 164 Å². The van der Waals surface area contributed by atoms with Crippen LogP contribution in [-0.4, -0.2) is 4.98 Å². The number of hydrogen-bond donors (Lipinski definition) is 0. The van der Waals surface area contributed by atoms with Crippen LogP contribution in [0.1, 0.15) is 0 Å². The first-order chi connectivity index (χ1) is 27.3. The first-order valence-electron chi connectivity index (χ1n) is 18.9. The first kappa shape index (κ1) is 30.2. The van der Waals surface area contributed by atoms with Crippen LogP contribution in [0.25, 0.3) is 121 Å². The molecule has 0 unspecified atom stereocenters. The minimum atomic E-state index is 0.629. The van der Waals surface area contributed by atoms with Crippen molar-refractivity contribution in [1.82, 2.24) is 4.98 Å². The highest BCUT2D eigenvalue weighted by Gasteiger charge is 2.24. The van der Waals surface area contributed by atoms with Gasteiger partial charge in [-0.25, -0.2) is 4.98 Å². The number of nitrogens with zero attached hydrogens (tertiary/aromatic N) is 1. The molecule has 0 fully saturated rings. The maximum Gasteiger partial charge on any atom is 0.227 e. The molecule has 0 spiro atoms. The van der Waals surface area contributed by atoms with Gasteiger partial charge >= 0.3 is 0 Å². The van der Waals surface area contributed by atoms with Crippen molar-refractivity contribution < 1.29 is 4.42 Å². The average Bonchev–Trinajstić information content (AvgIpc) is 3.69. The number of benzene rings is 11. The fraction of sp³-hybridized carbons (Fsp3) is 0. The molecule has 0 N–H and O–H groups in total. The maximum atomic E-state index is 6.59. The van der Waals surface area contributed by atoms with E-state index in [-0.39, 0.29) is 0 Å². The van der Waals surface area contributed by atoms with Crippen molar-refractivity contribution in [3.05, 3.63) is 188 Å². The number of para-hydroxylation sites is 2. The van der Waals surface area contributed by atoms with Crippen LogP contribution in [0.15, 0.2) is 192 Å². The Morgan fingerprint density at radius 2 is 0.673 bits per heavy atom. The van der Waals surface area contributed by atoms with Crippen LogP contribution in [0, 0.1) is 0 Å². The lowest BCUT2D eigenvalue weighted by molar-refractivity contribution is 0.620. The molecule has 0 aliphatic carbocycles. The Kier molecular flexibility index (Phi) is 6.37. The predicted molar refractivity (Wildman–Crippen MR) is 232 cm³/mol. The molecule has 12 rings (SSSR count). The van der Waals surface area contributed by atoms with Crippen LogP contribution in [0.5, 0.6) is 0 Å². The van der Waals surface area contributed by atoms with Crippen molar-refractivity contribution >= 4 is 75.7 Å². The second kappa shape index (κ2) is 11.6. The van der Waals surface area contributed by atoms with Crippen LogP contribution < -0.4 is 0 Å². The Morgan fingerprint density at radius 1 is 0.291 bits per heavy atom. The normalized spacial score (nSPS) is 12.0. The van der Waals surface area contributed by atoms with E-state index < -0.39 is 0 Å². The molecule has 0 saturated heterocycles. The fourth-order valence-electron chi connectivity index (χ4n) is 9.21. The van der Waals surface area contributed by atoms with Crippen LogP contribution in [0.3, 0.4) is 0 Å². The lowest BCUT2D eigenvalue weighted by atomic mass is 9.81. The Labute approximate surface area is 316 Å². The van der Waals surface area contributed by atoms with Crippen LogP contribution in [-0.2, 0) is 0 Å². The first-order valence-corrected chi connectivity index (χ1v) is 18.9. The molecule has 2 nitrogen and oxygen atoms in total. The minimum absolute atomic E-state index is 0.629. The van der Waals surface area contributed by atoms with Gasteiger partial charge in [-0.1, -0.05) is 164 Å². The van der Waals surface area contributed by atoms with Gasteiger partial charge < -0.3 is 4.42 Å². The summed E-state index contributed by atoms with van der Waals surface area (Å²) in [4.78, 5) is 5.09. The summed E-state index contributed by atoms with van der Waals surface area (Å²) in [6, 6.07) is 68.3. The summed E-state index contributed by atoms with van der Waals surface area (Å²) in [5.41, 5.74) is 9.88. The largest absolute Gasteiger partial charge is 0.436 e. The van der Waals surface area contributed by atoms with E-state index in [4.69, 9.17) is 9.40 Å². The van der Waals surface area contributed by atoms with E-state index in [0.29, 0.717) is 5.89 Å². The molecule has 1 heterocycles. The van der Waals surface area contributed by atoms with Gasteiger partial charge in [-0.3, -0.25) is 0 Å². The topological polar surface area (TPSA) is 26.0 Å². The van der Waals surface area contributed by atoms with E-state index in [1.165, 1.54) is 92.6 Å². The lowest BCUT2D eigenvalue weighted by Crippen LogP contribution is -1.95. The fourth-order valence-corrected chi connectivity index (χ4v) is 9.21. The van der Waals surface area contributed by atoms with Gasteiger partial charge in [-0.2, -0.15) is 0 Å². The predicted octanol–water partition coefficient (Wildman–Crippen LogP) is 14.9. The molecule has 0 aliphatic rings. The third-order valence-corrected chi connectivity index (χ3v) is 11.7. The molecule has 0 aliphatic heterocycles. The van der Waals surface area contributed by atoms with Gasteiger partial charge in [0.15, 0.2) is 5.58 Å². The zero-order chi connectivity index (χ0) is 36.0. The van der Waals surface area contributed by atoms with Gasteiger partial charge in [-0.05, 0) is 122 Å². The molecule has 0 radical (unpaired) electrons. The van der Waals surface area contributed by atoms with Crippen molar-refractivity contribution in [1.29, 1.82) is 0 Å². The van der Waals surface area contributed by atoms with E-state index in [1.807, 2.05) is 24.3 Å². The Hall–Kier alpha value is -7.29. The molecule has 55 heavy (non-hydrogen) atoms. The summed E-state index contributed by atoms with van der Waals surface area (Å²) in [7, 11) is 0. The summed E-state index contributed by atoms with van der Waals surface area (Å²) in [5, 5.41) is 14.7. The molecule has 0 amide bonds. The molecule has 11 aromatic carbocycles. The SMILES string of the molecule is c1ccc2c(-c3cc(-c4nc5ccccc5o4)c4ccc5c(-c6cccc7ccccc67)cc(-c6cccc7ccccc67)c6ccc3c4c56)cccc2c1. The molecule has 0 bridgehead atoms. The number of rotatable bonds is 4. The Bertz CT molecular complexity index is 3350. The molecule has 2 heteroatoms. The number of fused-ring (bicyclic) bond motifs is 4. The summed E-state index contributed by atoms with van der Waals surface area (Å²) < 4.78 is 6.59. The Morgan fingerprint density at radius 3 is 1.15 bits per heavy atom. The van der Waals surface area contributed by atoms with Crippen molar-refractivity contribution in [2.75, 3.05) is 0 Å². The van der Waals surface area contributed by atoms with Gasteiger partial charge in [0.2, 0.25) is 5.89 Å². The number of hydrogen-bond acceptors (Lipinski definition) is 2. The third-order valence-electron chi connectivity index (χ3n) is 11.7. The number of aromatic nitrogens is 1. The lowest BCUT2D eigenvalue weighted by Gasteiger charge is -2.22. The Balaban J connectivity index is 1.29. The van der Waals surface area contributed by atoms with Gasteiger partial charge in [0.1, 0.15) is 5.52 Å². The molecule has 0 saturated carbocycles.